The molecule has 1 aromatic carbocycles. The highest BCUT2D eigenvalue weighted by Gasteiger charge is 2.18. The number of hydrogen-bond acceptors (Lipinski definition) is 4. The lowest BCUT2D eigenvalue weighted by Gasteiger charge is -2.06. The van der Waals surface area contributed by atoms with Gasteiger partial charge in [-0.2, -0.15) is 10.4 Å². The zero-order chi connectivity index (χ0) is 18.0. The third kappa shape index (κ3) is 3.09. The zero-order valence-corrected chi connectivity index (χ0v) is 14.4. The summed E-state index contributed by atoms with van der Waals surface area (Å²) in [5.41, 5.74) is 4.35. The molecule has 0 atom stereocenters. The van der Waals surface area contributed by atoms with E-state index < -0.39 is 0 Å². The van der Waals surface area contributed by atoms with Crippen LogP contribution in [-0.4, -0.2) is 33.6 Å². The Balaban J connectivity index is 2.31. The van der Waals surface area contributed by atoms with Crippen LogP contribution < -0.4 is 0 Å². The fourth-order valence-electron chi connectivity index (χ4n) is 2.67. The van der Waals surface area contributed by atoms with Gasteiger partial charge in [-0.1, -0.05) is 19.1 Å². The molecule has 0 amide bonds. The average Bonchev–Trinajstić information content (AvgIpc) is 2.98. The summed E-state index contributed by atoms with van der Waals surface area (Å²) in [5, 5.41) is 14.1. The van der Waals surface area contributed by atoms with Crippen molar-refractivity contribution in [2.24, 2.45) is 0 Å². The lowest BCUT2D eigenvalue weighted by molar-refractivity contribution is 0.567. The first-order chi connectivity index (χ1) is 12.0. The van der Waals surface area contributed by atoms with E-state index in [1.807, 2.05) is 38.2 Å². The number of aryl methyl sites for hydroxylation is 1. The Morgan fingerprint density at radius 1 is 1.28 bits per heavy atom. The van der Waals surface area contributed by atoms with Gasteiger partial charge in [-0.15, -0.1) is 0 Å². The maximum atomic E-state index is 13.3. The topological polar surface area (TPSA) is 57.2 Å². The van der Waals surface area contributed by atoms with Crippen LogP contribution in [0.25, 0.3) is 22.9 Å². The monoisotopic (exact) mass is 335 g/mol. The Hall–Kier alpha value is -3.20. The summed E-state index contributed by atoms with van der Waals surface area (Å²) in [5.74, 6) is -0.285. The molecule has 5 nitrogen and oxygen atoms in total. The minimum Gasteiger partial charge on any atom is -0.383 e. The first kappa shape index (κ1) is 16.7. The molecule has 2 heterocycles. The minimum absolute atomic E-state index is 0.285. The third-order valence-corrected chi connectivity index (χ3v) is 3.87. The highest BCUT2D eigenvalue weighted by Crippen LogP contribution is 2.29. The Morgan fingerprint density at radius 2 is 2.00 bits per heavy atom. The SMILES string of the molecule is CCc1nn2c(/C=C/N(C)C)c(C#N)cnc2c1-c1ccc(F)cc1. The van der Waals surface area contributed by atoms with Crippen molar-refractivity contribution in [2.75, 3.05) is 14.1 Å². The van der Waals surface area contributed by atoms with Crippen LogP contribution in [0.15, 0.2) is 36.7 Å². The lowest BCUT2D eigenvalue weighted by atomic mass is 10.0. The molecule has 3 rings (SSSR count). The molecular weight excluding hydrogens is 317 g/mol. The maximum Gasteiger partial charge on any atom is 0.163 e. The molecule has 3 aromatic rings. The first-order valence-electron chi connectivity index (χ1n) is 7.96. The van der Waals surface area contributed by atoms with E-state index in [0.29, 0.717) is 23.3 Å². The predicted molar refractivity (Wildman–Crippen MR) is 95.2 cm³/mol. The van der Waals surface area contributed by atoms with Crippen LogP contribution in [-0.2, 0) is 6.42 Å². The summed E-state index contributed by atoms with van der Waals surface area (Å²) < 4.78 is 15.0. The molecular formula is C19H18FN5. The smallest absolute Gasteiger partial charge is 0.163 e. The molecule has 0 unspecified atom stereocenters. The molecule has 0 radical (unpaired) electrons. The fraction of sp³-hybridized carbons (Fsp3) is 0.211. The fourth-order valence-corrected chi connectivity index (χ4v) is 2.67. The summed E-state index contributed by atoms with van der Waals surface area (Å²) in [4.78, 5) is 6.33. The van der Waals surface area contributed by atoms with Gasteiger partial charge in [-0.05, 0) is 30.2 Å². The second kappa shape index (κ2) is 6.73. The Labute approximate surface area is 145 Å². The van der Waals surface area contributed by atoms with Crippen LogP contribution in [0.2, 0.25) is 0 Å². The Bertz CT molecular complexity index is 978. The van der Waals surface area contributed by atoms with Gasteiger partial charge in [0, 0.05) is 32.1 Å². The zero-order valence-electron chi connectivity index (χ0n) is 14.4. The van der Waals surface area contributed by atoms with E-state index in [-0.39, 0.29) is 5.82 Å². The average molecular weight is 335 g/mol. The molecule has 0 aliphatic heterocycles. The number of nitriles is 1. The number of benzene rings is 1. The molecule has 0 saturated heterocycles. The normalized spacial score (nSPS) is 11.2. The number of rotatable bonds is 4. The van der Waals surface area contributed by atoms with Crippen LogP contribution >= 0.6 is 0 Å². The molecule has 2 aromatic heterocycles. The van der Waals surface area contributed by atoms with Crippen LogP contribution in [0.3, 0.4) is 0 Å². The summed E-state index contributed by atoms with van der Waals surface area (Å²) in [6.07, 6.45) is 5.96. The van der Waals surface area contributed by atoms with Crippen molar-refractivity contribution in [3.63, 3.8) is 0 Å². The van der Waals surface area contributed by atoms with E-state index in [9.17, 15) is 9.65 Å². The molecule has 0 aliphatic rings. The molecule has 0 fully saturated rings. The summed E-state index contributed by atoms with van der Waals surface area (Å²) in [7, 11) is 3.82. The summed E-state index contributed by atoms with van der Waals surface area (Å²) in [6, 6.07) is 8.46. The third-order valence-electron chi connectivity index (χ3n) is 3.87. The van der Waals surface area contributed by atoms with Gasteiger partial charge < -0.3 is 4.90 Å². The second-order valence-electron chi connectivity index (χ2n) is 5.87. The second-order valence-corrected chi connectivity index (χ2v) is 5.87. The number of halogens is 1. The molecule has 0 N–H and O–H groups in total. The maximum absolute atomic E-state index is 13.3. The van der Waals surface area contributed by atoms with Crippen molar-refractivity contribution >= 4 is 11.7 Å². The van der Waals surface area contributed by atoms with E-state index in [2.05, 4.69) is 16.2 Å². The molecule has 126 valence electrons. The van der Waals surface area contributed by atoms with Crippen molar-refractivity contribution < 1.29 is 4.39 Å². The number of aromatic nitrogens is 3. The highest BCUT2D eigenvalue weighted by molar-refractivity contribution is 5.81. The van der Waals surface area contributed by atoms with E-state index in [4.69, 9.17) is 0 Å². The highest BCUT2D eigenvalue weighted by atomic mass is 19.1. The van der Waals surface area contributed by atoms with Crippen molar-refractivity contribution in [1.29, 1.82) is 5.26 Å². The van der Waals surface area contributed by atoms with E-state index in [1.165, 1.54) is 12.1 Å². The van der Waals surface area contributed by atoms with Gasteiger partial charge in [-0.25, -0.2) is 13.9 Å². The summed E-state index contributed by atoms with van der Waals surface area (Å²) in [6.45, 7) is 2.01. The summed E-state index contributed by atoms with van der Waals surface area (Å²) >= 11 is 0. The van der Waals surface area contributed by atoms with Crippen molar-refractivity contribution in [3.8, 4) is 17.2 Å². The number of nitrogens with zero attached hydrogens (tertiary/aromatic N) is 5. The molecule has 0 aliphatic carbocycles. The van der Waals surface area contributed by atoms with Crippen molar-refractivity contribution in [3.05, 3.63) is 59.4 Å². The van der Waals surface area contributed by atoms with Gasteiger partial charge in [0.2, 0.25) is 0 Å². The Morgan fingerprint density at radius 3 is 2.60 bits per heavy atom. The van der Waals surface area contributed by atoms with Crippen molar-refractivity contribution in [2.45, 2.75) is 13.3 Å². The standard InChI is InChI=1S/C19H18FN5/c1-4-16-18(13-5-7-15(20)8-6-13)19-22-12-14(11-21)17(25(19)23-16)9-10-24(2)3/h5-10,12H,4H2,1-3H3/b10-9+. The molecule has 0 bridgehead atoms. The van der Waals surface area contributed by atoms with Crippen LogP contribution in [0.5, 0.6) is 0 Å². The molecule has 0 saturated carbocycles. The molecule has 6 heteroatoms. The Kier molecular flexibility index (Phi) is 4.48. The lowest BCUT2D eigenvalue weighted by Crippen LogP contribution is -2.03. The van der Waals surface area contributed by atoms with Gasteiger partial charge in [-0.3, -0.25) is 0 Å². The first-order valence-corrected chi connectivity index (χ1v) is 7.96. The predicted octanol–water partition coefficient (Wildman–Crippen LogP) is 3.50. The minimum atomic E-state index is -0.285. The largest absolute Gasteiger partial charge is 0.383 e. The van der Waals surface area contributed by atoms with Crippen LogP contribution in [0, 0.1) is 17.1 Å². The molecule has 0 spiro atoms. The van der Waals surface area contributed by atoms with E-state index >= 15 is 0 Å². The van der Waals surface area contributed by atoms with Gasteiger partial charge in [0.15, 0.2) is 5.65 Å². The quantitative estimate of drug-likeness (QED) is 0.732. The van der Waals surface area contributed by atoms with Crippen LogP contribution in [0.4, 0.5) is 4.39 Å². The van der Waals surface area contributed by atoms with Gasteiger partial charge in [0.1, 0.15) is 11.9 Å². The van der Waals surface area contributed by atoms with E-state index in [0.717, 1.165) is 16.8 Å². The van der Waals surface area contributed by atoms with Gasteiger partial charge in [0.25, 0.3) is 0 Å². The number of fused-ring (bicyclic) bond motifs is 1. The van der Waals surface area contributed by atoms with Gasteiger partial charge in [0.05, 0.1) is 17.0 Å². The van der Waals surface area contributed by atoms with Crippen molar-refractivity contribution in [1.82, 2.24) is 19.5 Å². The van der Waals surface area contributed by atoms with Crippen LogP contribution in [0.1, 0.15) is 23.9 Å². The van der Waals surface area contributed by atoms with Gasteiger partial charge >= 0.3 is 0 Å². The number of hydrogen-bond donors (Lipinski definition) is 0. The van der Waals surface area contributed by atoms with E-state index in [1.54, 1.807) is 22.8 Å². The molecule has 25 heavy (non-hydrogen) atoms.